The minimum Gasteiger partial charge on any atom is -0.479 e. The fourth-order valence-electron chi connectivity index (χ4n) is 3.21. The van der Waals surface area contributed by atoms with E-state index in [4.69, 9.17) is 9.57 Å². The molecule has 3 heterocycles. The smallest absolute Gasteiger partial charge is 0.162 e. The summed E-state index contributed by atoms with van der Waals surface area (Å²) in [5.41, 5.74) is 4.09. The van der Waals surface area contributed by atoms with Crippen LogP contribution in [0.1, 0.15) is 22.1 Å². The Hall–Kier alpha value is -3.05. The molecule has 1 atom stereocenters. The summed E-state index contributed by atoms with van der Waals surface area (Å²) in [7, 11) is 0. The van der Waals surface area contributed by atoms with E-state index < -0.39 is 0 Å². The minimum atomic E-state index is -0.158. The van der Waals surface area contributed by atoms with Crippen molar-refractivity contribution >= 4 is 11.3 Å². The third-order valence-electron chi connectivity index (χ3n) is 4.43. The van der Waals surface area contributed by atoms with E-state index in [0.717, 1.165) is 33.0 Å². The summed E-state index contributed by atoms with van der Waals surface area (Å²) in [6, 6.07) is 22.3. The zero-order valence-electron chi connectivity index (χ0n) is 13.9. The topological polar surface area (TPSA) is 36.3 Å². The third-order valence-corrected chi connectivity index (χ3v) is 5.35. The molecule has 0 spiro atoms. The van der Waals surface area contributed by atoms with Gasteiger partial charge in [0.1, 0.15) is 18.1 Å². The molecule has 1 aliphatic heterocycles. The molecule has 26 heavy (non-hydrogen) atoms. The number of hydrogen-bond donors (Lipinski definition) is 0. The molecule has 2 aromatic heterocycles. The van der Waals surface area contributed by atoms with Crippen molar-refractivity contribution in [2.45, 2.75) is 12.7 Å². The maximum atomic E-state index is 6.28. The molecular weight excluding hydrogens is 344 g/mol. The number of thiophene rings is 1. The van der Waals surface area contributed by atoms with Crippen LogP contribution >= 0.6 is 11.3 Å². The summed E-state index contributed by atoms with van der Waals surface area (Å²) in [6.07, 6.45) is 1.69. The van der Waals surface area contributed by atoms with Crippen LogP contribution in [0.3, 0.4) is 0 Å². The van der Waals surface area contributed by atoms with E-state index in [9.17, 15) is 0 Å². The predicted molar refractivity (Wildman–Crippen MR) is 101 cm³/mol. The van der Waals surface area contributed by atoms with Gasteiger partial charge in [0.05, 0.1) is 6.20 Å². The van der Waals surface area contributed by atoms with Crippen LogP contribution in [-0.4, -0.2) is 9.94 Å². The summed E-state index contributed by atoms with van der Waals surface area (Å²) in [5.74, 6) is 0.850. The number of nitrogens with zero attached hydrogens (tertiary/aromatic N) is 2. The predicted octanol–water partition coefficient (Wildman–Crippen LogP) is 4.72. The Morgan fingerprint density at radius 2 is 1.85 bits per heavy atom. The number of aromatic nitrogens is 2. The summed E-state index contributed by atoms with van der Waals surface area (Å²) < 4.78 is 6.28. The Morgan fingerprint density at radius 1 is 1.00 bits per heavy atom. The fraction of sp³-hybridized carbons (Fsp3) is 0.0952. The van der Waals surface area contributed by atoms with Gasteiger partial charge in [-0.3, -0.25) is 0 Å². The van der Waals surface area contributed by atoms with Gasteiger partial charge >= 0.3 is 0 Å². The van der Waals surface area contributed by atoms with Gasteiger partial charge in [-0.15, -0.1) is 16.4 Å². The normalized spacial score (nSPS) is 15.0. The third kappa shape index (κ3) is 2.57. The molecule has 4 nitrogen and oxygen atoms in total. The number of ether oxygens (including phenoxy) is 1. The lowest BCUT2D eigenvalue weighted by Gasteiger charge is -2.26. The van der Waals surface area contributed by atoms with Crippen LogP contribution in [0, 0.1) is 0 Å². The second-order valence-corrected chi connectivity index (χ2v) is 7.07. The van der Waals surface area contributed by atoms with E-state index >= 15 is 0 Å². The van der Waals surface area contributed by atoms with Crippen molar-refractivity contribution < 1.29 is 9.57 Å². The molecule has 1 aliphatic rings. The zero-order valence-corrected chi connectivity index (χ0v) is 14.7. The van der Waals surface area contributed by atoms with Gasteiger partial charge in [-0.1, -0.05) is 53.4 Å². The van der Waals surface area contributed by atoms with Crippen molar-refractivity contribution in [3.63, 3.8) is 0 Å². The molecule has 5 rings (SSSR count). The SMILES string of the molecule is c1ccc(COn2ncc3c2-c2ccccc2OC3c2cccs2)cc1. The quantitative estimate of drug-likeness (QED) is 0.528. The van der Waals surface area contributed by atoms with Crippen LogP contribution in [0.25, 0.3) is 11.3 Å². The second-order valence-electron chi connectivity index (χ2n) is 6.09. The molecule has 0 saturated heterocycles. The van der Waals surface area contributed by atoms with Crippen molar-refractivity contribution in [2.75, 3.05) is 0 Å². The van der Waals surface area contributed by atoms with Crippen molar-refractivity contribution in [3.8, 4) is 17.0 Å². The first-order valence-electron chi connectivity index (χ1n) is 8.45. The first kappa shape index (κ1) is 15.2. The van der Waals surface area contributed by atoms with E-state index in [1.165, 1.54) is 0 Å². The van der Waals surface area contributed by atoms with Gasteiger partial charge in [0.2, 0.25) is 0 Å². The first-order valence-corrected chi connectivity index (χ1v) is 9.33. The Bertz CT molecular complexity index is 1030. The Balaban J connectivity index is 1.56. The molecule has 0 amide bonds. The standard InChI is InChI=1S/C21H16N2O2S/c1-2-7-15(8-3-1)14-24-23-20-16-9-4-5-10-18(16)25-21(17(20)13-22-23)19-11-6-12-26-19/h1-13,21H,14H2. The van der Waals surface area contributed by atoms with Gasteiger partial charge < -0.3 is 9.57 Å². The summed E-state index contributed by atoms with van der Waals surface area (Å²) in [6.45, 7) is 0.460. The number of benzene rings is 2. The van der Waals surface area contributed by atoms with E-state index in [-0.39, 0.29) is 6.10 Å². The average molecular weight is 360 g/mol. The van der Waals surface area contributed by atoms with Crippen LogP contribution in [0.5, 0.6) is 5.75 Å². The lowest BCUT2D eigenvalue weighted by molar-refractivity contribution is 0.0726. The van der Waals surface area contributed by atoms with E-state index in [1.54, 1.807) is 16.2 Å². The summed E-state index contributed by atoms with van der Waals surface area (Å²) >= 11 is 1.68. The van der Waals surface area contributed by atoms with Gasteiger partial charge in [0, 0.05) is 16.0 Å². The molecule has 0 aliphatic carbocycles. The van der Waals surface area contributed by atoms with Gasteiger partial charge in [0.15, 0.2) is 6.10 Å². The molecule has 0 saturated carbocycles. The average Bonchev–Trinajstić information content (AvgIpc) is 3.37. The largest absolute Gasteiger partial charge is 0.479 e. The van der Waals surface area contributed by atoms with Gasteiger partial charge in [0.25, 0.3) is 0 Å². The van der Waals surface area contributed by atoms with Crippen LogP contribution in [0.2, 0.25) is 0 Å². The van der Waals surface area contributed by atoms with E-state index in [1.807, 2.05) is 66.9 Å². The van der Waals surface area contributed by atoms with Crippen LogP contribution in [0.15, 0.2) is 78.3 Å². The van der Waals surface area contributed by atoms with Gasteiger partial charge in [-0.25, -0.2) is 0 Å². The minimum absolute atomic E-state index is 0.158. The lowest BCUT2D eigenvalue weighted by Crippen LogP contribution is -2.18. The maximum Gasteiger partial charge on any atom is 0.162 e. The molecular formula is C21H16N2O2S. The second kappa shape index (κ2) is 6.35. The highest BCUT2D eigenvalue weighted by Gasteiger charge is 2.32. The van der Waals surface area contributed by atoms with Crippen LogP contribution < -0.4 is 9.57 Å². The summed E-state index contributed by atoms with van der Waals surface area (Å²) in [5, 5.41) is 6.56. The molecule has 4 aromatic rings. The van der Waals surface area contributed by atoms with Gasteiger partial charge in [-0.2, -0.15) is 0 Å². The van der Waals surface area contributed by atoms with Crippen molar-refractivity contribution in [3.05, 3.63) is 94.3 Å². The molecule has 128 valence electrons. The number of rotatable bonds is 4. The highest BCUT2D eigenvalue weighted by molar-refractivity contribution is 7.10. The highest BCUT2D eigenvalue weighted by Crippen LogP contribution is 2.45. The van der Waals surface area contributed by atoms with Gasteiger partial charge in [-0.05, 0) is 29.1 Å². The van der Waals surface area contributed by atoms with Crippen LogP contribution in [-0.2, 0) is 6.61 Å². The molecule has 0 fully saturated rings. The van der Waals surface area contributed by atoms with E-state index in [2.05, 4.69) is 16.5 Å². The molecule has 0 N–H and O–H groups in total. The number of para-hydroxylation sites is 1. The molecule has 0 radical (unpaired) electrons. The van der Waals surface area contributed by atoms with Crippen molar-refractivity contribution in [2.24, 2.45) is 0 Å². The molecule has 2 aromatic carbocycles. The molecule has 1 unspecified atom stereocenters. The maximum absolute atomic E-state index is 6.28. The Labute approximate surface area is 155 Å². The molecule has 5 heteroatoms. The van der Waals surface area contributed by atoms with Crippen molar-refractivity contribution in [1.29, 1.82) is 0 Å². The van der Waals surface area contributed by atoms with Crippen LogP contribution in [0.4, 0.5) is 0 Å². The monoisotopic (exact) mass is 360 g/mol. The lowest BCUT2D eigenvalue weighted by atomic mass is 9.99. The Kier molecular flexibility index (Phi) is 3.72. The summed E-state index contributed by atoms with van der Waals surface area (Å²) in [4.78, 5) is 8.79. The van der Waals surface area contributed by atoms with Crippen molar-refractivity contribution in [1.82, 2.24) is 9.94 Å². The van der Waals surface area contributed by atoms with E-state index in [0.29, 0.717) is 6.61 Å². The zero-order chi connectivity index (χ0) is 17.3. The Morgan fingerprint density at radius 3 is 2.69 bits per heavy atom. The number of hydrogen-bond acceptors (Lipinski definition) is 4. The first-order chi connectivity index (χ1) is 12.9. The highest BCUT2D eigenvalue weighted by atomic mass is 32.1. The molecule has 0 bridgehead atoms. The fourth-order valence-corrected chi connectivity index (χ4v) is 3.98. The number of fused-ring (bicyclic) bond motifs is 3.